The van der Waals surface area contributed by atoms with Crippen LogP contribution in [0, 0.1) is 65.5 Å². The number of hydrogen-bond acceptors (Lipinski definition) is 5. The Balaban J connectivity index is 2.02. The van der Waals surface area contributed by atoms with Crippen molar-refractivity contribution in [1.82, 2.24) is 0 Å². The first-order valence-electron chi connectivity index (χ1n) is 9.23. The van der Waals surface area contributed by atoms with Crippen LogP contribution >= 0.6 is 45.3 Å². The number of hydrogen-bond donors (Lipinski definition) is 0. The zero-order chi connectivity index (χ0) is 22.1. The van der Waals surface area contributed by atoms with Crippen LogP contribution in [0.3, 0.4) is 0 Å². The molecule has 31 heavy (non-hydrogen) atoms. The lowest BCUT2D eigenvalue weighted by molar-refractivity contribution is 1.48. The van der Waals surface area contributed by atoms with Gasteiger partial charge in [-0.2, -0.15) is 15.0 Å². The molecule has 4 aromatic rings. The second kappa shape index (κ2) is 8.63. The fourth-order valence-electron chi connectivity index (χ4n) is 3.12. The minimum absolute atomic E-state index is 0.133. The second-order valence-electron chi connectivity index (χ2n) is 6.86. The highest BCUT2D eigenvalue weighted by Gasteiger charge is 2.08. The topological polar surface area (TPSA) is 32.5 Å². The highest BCUT2D eigenvalue weighted by atomic mass is 32.1. The number of nitriles is 1. The molecule has 4 rings (SSSR count). The predicted molar refractivity (Wildman–Crippen MR) is 130 cm³/mol. The van der Waals surface area contributed by atoms with Crippen LogP contribution in [0.2, 0.25) is 0 Å². The van der Waals surface area contributed by atoms with E-state index in [9.17, 15) is 5.26 Å². The third kappa shape index (κ3) is 4.00. The van der Waals surface area contributed by atoms with Crippen molar-refractivity contribution in [3.63, 3.8) is 0 Å². The maximum atomic E-state index is 9.18. The summed E-state index contributed by atoms with van der Waals surface area (Å²) in [6.07, 6.45) is 0. The molecule has 0 saturated heterocycles. The van der Waals surface area contributed by atoms with E-state index in [0.29, 0.717) is 0 Å². The van der Waals surface area contributed by atoms with Gasteiger partial charge in [-0.05, 0) is 68.3 Å². The largest absolute Gasteiger partial charge is 0.536 e. The standard InChI is InChI=1S/C24H15N3S4/c1-13-10-20(15(3)12-25)30-22(13)18-8-6-16(28-18)17-7-9-19(29-17)23-14(2)11-21(31-23)24(26-4)27-5/h6-11H,1-3H3/b17-16+,20-15-,22-18+,23-19+. The number of nitrogens with zero attached hydrogens (tertiary/aromatic N) is 3. The van der Waals surface area contributed by atoms with Crippen LogP contribution in [-0.4, -0.2) is 0 Å². The van der Waals surface area contributed by atoms with Crippen molar-refractivity contribution in [2.45, 2.75) is 20.8 Å². The van der Waals surface area contributed by atoms with E-state index in [-0.39, 0.29) is 5.82 Å². The molecule has 0 atom stereocenters. The van der Waals surface area contributed by atoms with Gasteiger partial charge in [0.25, 0.3) is 0 Å². The van der Waals surface area contributed by atoms with Gasteiger partial charge >= 0.3 is 5.82 Å². The minimum Gasteiger partial charge on any atom is -0.193 e. The van der Waals surface area contributed by atoms with Gasteiger partial charge in [-0.3, -0.25) is 0 Å². The molecule has 0 aliphatic rings. The van der Waals surface area contributed by atoms with Gasteiger partial charge in [0.15, 0.2) is 0 Å². The van der Waals surface area contributed by atoms with Gasteiger partial charge in [0.05, 0.1) is 6.07 Å². The van der Waals surface area contributed by atoms with Gasteiger partial charge < -0.3 is 0 Å². The highest BCUT2D eigenvalue weighted by Crippen LogP contribution is 2.19. The summed E-state index contributed by atoms with van der Waals surface area (Å²) < 4.78 is 8.89. The third-order valence-electron chi connectivity index (χ3n) is 4.71. The molecule has 0 aliphatic carbocycles. The summed E-state index contributed by atoms with van der Waals surface area (Å²) in [5, 5.41) is 9.18. The van der Waals surface area contributed by atoms with Gasteiger partial charge in [-0.25, -0.2) is 0 Å². The van der Waals surface area contributed by atoms with Crippen molar-refractivity contribution in [2.24, 2.45) is 0 Å². The third-order valence-corrected chi connectivity index (χ3v) is 10.0. The first kappa shape index (κ1) is 21.2. The molecule has 0 saturated carbocycles. The maximum absolute atomic E-state index is 9.18. The molecule has 0 unspecified atom stereocenters. The van der Waals surface area contributed by atoms with Crippen LogP contribution in [0.5, 0.6) is 0 Å². The Labute approximate surface area is 194 Å². The molecule has 150 valence electrons. The normalized spacial score (nSPS) is 15.0. The second-order valence-corrected chi connectivity index (χ2v) is 11.1. The molecule has 0 aromatic carbocycles. The first-order valence-corrected chi connectivity index (χ1v) is 12.5. The van der Waals surface area contributed by atoms with E-state index in [1.165, 1.54) is 35.0 Å². The lowest BCUT2D eigenvalue weighted by Crippen LogP contribution is -1.92. The fourth-order valence-corrected chi connectivity index (χ4v) is 7.81. The van der Waals surface area contributed by atoms with E-state index >= 15 is 0 Å². The average molecular weight is 474 g/mol. The van der Waals surface area contributed by atoms with E-state index in [0.717, 1.165) is 29.3 Å². The van der Waals surface area contributed by atoms with Gasteiger partial charge in [0.2, 0.25) is 0 Å². The molecule has 7 heteroatoms. The predicted octanol–water partition coefficient (Wildman–Crippen LogP) is 6.01. The Morgan fingerprint density at radius 2 is 1.23 bits per heavy atom. The summed E-state index contributed by atoms with van der Waals surface area (Å²) in [7, 11) is 0. The molecule has 0 amide bonds. The minimum atomic E-state index is 0.133. The highest BCUT2D eigenvalue weighted by molar-refractivity contribution is 7.14. The van der Waals surface area contributed by atoms with Crippen LogP contribution in [0.1, 0.15) is 18.1 Å². The van der Waals surface area contributed by atoms with Crippen molar-refractivity contribution < 1.29 is 0 Å². The molecule has 0 aliphatic heterocycles. The van der Waals surface area contributed by atoms with Crippen molar-refractivity contribution >= 4 is 56.7 Å². The van der Waals surface area contributed by atoms with E-state index in [2.05, 4.69) is 53.0 Å². The quantitative estimate of drug-likeness (QED) is 0.288. The van der Waals surface area contributed by atoms with Gasteiger partial charge in [0, 0.05) is 37.3 Å². The first-order chi connectivity index (χ1) is 14.9. The molecule has 0 N–H and O–H groups in total. The summed E-state index contributed by atoms with van der Waals surface area (Å²) in [4.78, 5) is 6.69. The molecule has 3 nitrogen and oxygen atoms in total. The Hall–Kier alpha value is -2.99. The average Bonchev–Trinajstić information content (AvgIpc) is 3.54. The van der Waals surface area contributed by atoms with Gasteiger partial charge in [-0.15, -0.1) is 45.3 Å². The SMILES string of the molecule is [C-]#[N+]C([N+]#[C-])=c1cc(C)/c(=c2/cc/c(=c3/cc/c(=c4\s/c(=C(/C)C#N)cc4C)s3)s2)s1. The van der Waals surface area contributed by atoms with Crippen molar-refractivity contribution in [2.75, 3.05) is 0 Å². The fraction of sp³-hybridized carbons (Fsp3) is 0.125. The maximum Gasteiger partial charge on any atom is 0.536 e. The summed E-state index contributed by atoms with van der Waals surface area (Å²) >= 11 is 6.68. The molecule has 0 radical (unpaired) electrons. The van der Waals surface area contributed by atoms with Gasteiger partial charge in [0.1, 0.15) is 17.7 Å². The summed E-state index contributed by atoms with van der Waals surface area (Å²) in [6.45, 7) is 20.4. The van der Waals surface area contributed by atoms with Crippen LogP contribution in [0.25, 0.3) is 21.1 Å². The number of rotatable bonds is 0. The number of aryl methyl sites for hydroxylation is 2. The Bertz CT molecular complexity index is 1840. The monoisotopic (exact) mass is 473 g/mol. The van der Waals surface area contributed by atoms with Crippen molar-refractivity contribution in [3.8, 4) is 6.07 Å². The Morgan fingerprint density at radius 3 is 1.71 bits per heavy atom. The summed E-state index contributed by atoms with van der Waals surface area (Å²) in [6, 6.07) is 14.9. The Morgan fingerprint density at radius 1 is 0.774 bits per heavy atom. The lowest BCUT2D eigenvalue weighted by Gasteiger charge is -1.79. The molecule has 4 aromatic heterocycles. The zero-order valence-corrected chi connectivity index (χ0v) is 20.2. The van der Waals surface area contributed by atoms with E-state index in [1.54, 1.807) is 34.0 Å². The molecule has 0 fully saturated rings. The smallest absolute Gasteiger partial charge is 0.193 e. The molecule has 4 heterocycles. The van der Waals surface area contributed by atoms with Crippen LogP contribution in [0.4, 0.5) is 0 Å². The number of thiophene rings is 4. The Kier molecular flexibility index (Phi) is 5.92. The lowest BCUT2D eigenvalue weighted by atomic mass is 10.3. The molecule has 0 spiro atoms. The zero-order valence-electron chi connectivity index (χ0n) is 16.9. The van der Waals surface area contributed by atoms with E-state index < -0.39 is 0 Å². The van der Waals surface area contributed by atoms with Gasteiger partial charge in [-0.1, -0.05) is 0 Å². The van der Waals surface area contributed by atoms with E-state index in [1.807, 2.05) is 19.9 Å². The molecule has 0 bridgehead atoms. The molecular weight excluding hydrogens is 459 g/mol. The summed E-state index contributed by atoms with van der Waals surface area (Å²) in [5.41, 5.74) is 3.04. The molecular formula is C24H15N3S4. The van der Waals surface area contributed by atoms with E-state index in [4.69, 9.17) is 13.1 Å². The van der Waals surface area contributed by atoms with Crippen LogP contribution in [-0.2, 0) is 0 Å². The van der Waals surface area contributed by atoms with Crippen molar-refractivity contribution in [1.29, 1.82) is 5.26 Å². The van der Waals surface area contributed by atoms with Crippen molar-refractivity contribution in [3.05, 3.63) is 107 Å². The van der Waals surface area contributed by atoms with Crippen LogP contribution in [0.15, 0.2) is 36.4 Å². The summed E-state index contributed by atoms with van der Waals surface area (Å²) in [5.74, 6) is 0.133. The van der Waals surface area contributed by atoms with Crippen LogP contribution < -0.4 is 9.06 Å².